The van der Waals surface area contributed by atoms with Gasteiger partial charge in [0, 0.05) is 34.0 Å². The van der Waals surface area contributed by atoms with E-state index >= 15 is 0 Å². The number of rotatable bonds is 8. The molecule has 232 valence electrons. The number of hydrogen-bond acceptors (Lipinski definition) is 8. The van der Waals surface area contributed by atoms with Gasteiger partial charge < -0.3 is 9.11 Å². The summed E-state index contributed by atoms with van der Waals surface area (Å²) < 4.78 is 44.0. The molecule has 0 saturated heterocycles. The normalized spacial score (nSPS) is 11.5. The molecule has 0 aliphatic carbocycles. The molecule has 45 heavy (non-hydrogen) atoms. The number of benzene rings is 4. The maximum Gasteiger partial charge on any atom is 0.298 e. The first-order valence-corrected chi connectivity index (χ1v) is 18.7. The van der Waals surface area contributed by atoms with Gasteiger partial charge in [-0.25, -0.2) is 0 Å². The van der Waals surface area contributed by atoms with E-state index in [0.29, 0.717) is 0 Å². The van der Waals surface area contributed by atoms with E-state index in [4.69, 9.17) is 17.5 Å². The van der Waals surface area contributed by atoms with Gasteiger partial charge in [-0.3, -0.25) is 8.42 Å². The highest BCUT2D eigenvalue weighted by molar-refractivity contribution is 8.01. The molecule has 0 atom stereocenters. The minimum Gasteiger partial charge on any atom is -0.759 e. The van der Waals surface area contributed by atoms with E-state index in [-0.39, 0.29) is 0 Å². The van der Waals surface area contributed by atoms with E-state index in [0.717, 1.165) is 11.5 Å². The zero-order chi connectivity index (χ0) is 32.1. The predicted molar refractivity (Wildman–Crippen MR) is 189 cm³/mol. The van der Waals surface area contributed by atoms with Crippen molar-refractivity contribution in [3.63, 3.8) is 0 Å². The second kappa shape index (κ2) is 17.4. The van der Waals surface area contributed by atoms with E-state index in [1.165, 1.54) is 40.2 Å². The van der Waals surface area contributed by atoms with Gasteiger partial charge in [-0.15, -0.1) is 0 Å². The number of nitrogens with zero attached hydrogens (tertiary/aromatic N) is 2. The Labute approximate surface area is 281 Å². The molecule has 0 radical (unpaired) electrons. The van der Waals surface area contributed by atoms with E-state index in [2.05, 4.69) is 145 Å². The van der Waals surface area contributed by atoms with E-state index < -0.39 is 10.4 Å². The fourth-order valence-corrected chi connectivity index (χ4v) is 8.58. The van der Waals surface area contributed by atoms with E-state index in [1.807, 2.05) is 58.3 Å². The number of thiazole rings is 2. The van der Waals surface area contributed by atoms with Gasteiger partial charge in [0.15, 0.2) is 0 Å². The maximum absolute atomic E-state index is 8.52. The average molecular weight is 693 g/mol. The largest absolute Gasteiger partial charge is 0.759 e. The van der Waals surface area contributed by atoms with Crippen molar-refractivity contribution in [3.8, 4) is 0 Å². The molecular formula is C34H32N2O4S5. The van der Waals surface area contributed by atoms with Crippen molar-refractivity contribution in [2.75, 3.05) is 11.5 Å². The van der Waals surface area contributed by atoms with E-state index in [9.17, 15) is 0 Å². The molecule has 0 N–H and O–H groups in total. The summed E-state index contributed by atoms with van der Waals surface area (Å²) in [6, 6.07) is 38.0. The van der Waals surface area contributed by atoms with Gasteiger partial charge in [-0.1, -0.05) is 132 Å². The Bertz CT molecular complexity index is 1830. The first kappa shape index (κ1) is 34.6. The van der Waals surface area contributed by atoms with Gasteiger partial charge in [0.1, 0.15) is 23.5 Å². The van der Waals surface area contributed by atoms with Gasteiger partial charge in [0.05, 0.1) is 0 Å². The number of aryl methyl sites for hydroxylation is 2. The fourth-order valence-electron chi connectivity index (χ4n) is 4.15. The second-order valence-corrected chi connectivity index (χ2v) is 14.9. The topological polar surface area (TPSA) is 88.0 Å². The number of fused-ring (bicyclic) bond motifs is 2. The molecule has 0 unspecified atom stereocenters. The zero-order valence-electron chi connectivity index (χ0n) is 24.7. The number of thioether (sulfide) groups is 2. The quantitative estimate of drug-likeness (QED) is 0.0703. The number of para-hydroxylation sites is 2. The molecule has 0 bridgehead atoms. The lowest BCUT2D eigenvalue weighted by atomic mass is 10.2. The van der Waals surface area contributed by atoms with Crippen LogP contribution >= 0.6 is 46.2 Å². The van der Waals surface area contributed by atoms with Crippen LogP contribution in [-0.2, 0) is 24.5 Å². The van der Waals surface area contributed by atoms with Crippen molar-refractivity contribution in [2.45, 2.75) is 8.68 Å². The summed E-state index contributed by atoms with van der Waals surface area (Å²) in [5, 5.41) is 0. The van der Waals surface area contributed by atoms with Crippen molar-refractivity contribution in [2.24, 2.45) is 14.1 Å². The summed E-state index contributed by atoms with van der Waals surface area (Å²) in [6.45, 7) is 0. The van der Waals surface area contributed by atoms with Crippen molar-refractivity contribution in [3.05, 3.63) is 132 Å². The zero-order valence-corrected chi connectivity index (χ0v) is 28.8. The minimum absolute atomic E-state index is 0.996. The lowest BCUT2D eigenvalue weighted by Crippen LogP contribution is -2.28. The summed E-state index contributed by atoms with van der Waals surface area (Å²) >= 11 is 7.50. The van der Waals surface area contributed by atoms with E-state index in [1.54, 1.807) is 0 Å². The third-order valence-corrected chi connectivity index (χ3v) is 11.2. The number of hydrogen-bond donors (Lipinski definition) is 0. The van der Waals surface area contributed by atoms with Crippen LogP contribution in [0.1, 0.15) is 11.1 Å². The summed E-state index contributed by atoms with van der Waals surface area (Å²) in [5.74, 6) is 1.99. The fraction of sp³-hybridized carbons (Fsp3) is 0.118. The number of aromatic nitrogens is 2. The van der Waals surface area contributed by atoms with Crippen molar-refractivity contribution >= 4 is 89.2 Å². The van der Waals surface area contributed by atoms with Gasteiger partial charge in [-0.2, -0.15) is 9.13 Å². The van der Waals surface area contributed by atoms with Crippen LogP contribution in [0.3, 0.4) is 0 Å². The molecule has 11 heteroatoms. The third kappa shape index (κ3) is 11.5. The first-order chi connectivity index (χ1) is 21.7. The Balaban J connectivity index is 0.000000179. The highest BCUT2D eigenvalue weighted by atomic mass is 32.3. The van der Waals surface area contributed by atoms with Crippen molar-refractivity contribution in [1.29, 1.82) is 0 Å². The van der Waals surface area contributed by atoms with Crippen LogP contribution in [0.4, 0.5) is 0 Å². The molecule has 0 spiro atoms. The summed E-state index contributed by atoms with van der Waals surface area (Å²) in [6.07, 6.45) is 8.81. The van der Waals surface area contributed by atoms with Crippen molar-refractivity contribution < 1.29 is 26.7 Å². The molecule has 2 heterocycles. The van der Waals surface area contributed by atoms with Crippen LogP contribution in [0.2, 0.25) is 0 Å². The summed E-state index contributed by atoms with van der Waals surface area (Å²) in [5.41, 5.74) is 5.14. The molecule has 0 fully saturated rings. The second-order valence-electron chi connectivity index (χ2n) is 9.45. The highest BCUT2D eigenvalue weighted by Gasteiger charge is 2.16. The smallest absolute Gasteiger partial charge is 0.298 e. The molecule has 0 saturated carbocycles. The Kier molecular flexibility index (Phi) is 13.4. The molecule has 6 aromatic rings. The monoisotopic (exact) mass is 692 g/mol. The lowest BCUT2D eigenvalue weighted by molar-refractivity contribution is -0.676. The van der Waals surface area contributed by atoms with Gasteiger partial charge in [-0.05, 0) is 46.8 Å². The van der Waals surface area contributed by atoms with Crippen LogP contribution in [0.15, 0.2) is 130 Å². The summed E-state index contributed by atoms with van der Waals surface area (Å²) in [4.78, 5) is 0. The average Bonchev–Trinajstić information content (AvgIpc) is 3.53. The Hall–Kier alpha value is -3.29. The maximum atomic E-state index is 8.52. The molecular weight excluding hydrogens is 661 g/mol. The Morgan fingerprint density at radius 2 is 0.933 bits per heavy atom. The van der Waals surface area contributed by atoms with Crippen LogP contribution in [0, 0.1) is 0 Å². The molecule has 6 rings (SSSR count). The van der Waals surface area contributed by atoms with Gasteiger partial charge in [0.2, 0.25) is 11.0 Å². The van der Waals surface area contributed by atoms with Crippen LogP contribution < -0.4 is 9.13 Å². The predicted octanol–water partition coefficient (Wildman–Crippen LogP) is 7.72. The Morgan fingerprint density at radius 1 is 0.600 bits per heavy atom. The van der Waals surface area contributed by atoms with Gasteiger partial charge >= 0.3 is 0 Å². The van der Waals surface area contributed by atoms with Crippen molar-refractivity contribution in [1.82, 2.24) is 0 Å². The molecule has 0 aliphatic rings. The summed E-state index contributed by atoms with van der Waals surface area (Å²) in [7, 11) is -0.885. The van der Waals surface area contributed by atoms with Gasteiger partial charge in [0.25, 0.3) is 8.68 Å². The van der Waals surface area contributed by atoms with Crippen LogP contribution in [-0.4, -0.2) is 29.0 Å². The molecule has 2 aromatic heterocycles. The first-order valence-electron chi connectivity index (χ1n) is 13.8. The highest BCUT2D eigenvalue weighted by Crippen LogP contribution is 2.28. The SMILES string of the molecule is C[n+]1c(SCC=Cc2ccccc2)sc2ccccc21.C[n+]1c(SCC=Cc2ccccc2)sc2ccccc21.O=S(=O)([O-])[O-]. The third-order valence-electron chi connectivity index (χ3n) is 6.22. The lowest BCUT2D eigenvalue weighted by Gasteiger charge is -2.06. The Morgan fingerprint density at radius 3 is 1.29 bits per heavy atom. The molecule has 0 aliphatic heterocycles. The molecule has 6 nitrogen and oxygen atoms in total. The molecule has 4 aromatic carbocycles. The standard InChI is InChI=1S/2C17H16NS2.H2O4S/c2*1-18-15-11-5-6-12-16(15)20-17(18)19-13-7-10-14-8-3-2-4-9-14;1-5(2,3)4/h2*2-12H,13H2,1H3;(H2,1,2,3,4)/q2*+1;/p-2. The molecule has 0 amide bonds. The minimum atomic E-state index is -5.17. The van der Waals surface area contributed by atoms with Crippen LogP contribution in [0.5, 0.6) is 0 Å². The van der Waals surface area contributed by atoms with Crippen LogP contribution in [0.25, 0.3) is 32.6 Å².